The van der Waals surface area contributed by atoms with Gasteiger partial charge in [-0.2, -0.15) is 4.52 Å². The van der Waals surface area contributed by atoms with E-state index >= 15 is 0 Å². The lowest BCUT2D eigenvalue weighted by Gasteiger charge is -2.35. The number of morpholine rings is 1. The number of pyridine rings is 1. The van der Waals surface area contributed by atoms with Gasteiger partial charge in [-0.3, -0.25) is 4.98 Å². The van der Waals surface area contributed by atoms with Crippen LogP contribution in [0.4, 0.5) is 4.79 Å². The largest absolute Gasteiger partial charge is 0.491 e. The first-order chi connectivity index (χ1) is 18.1. The van der Waals surface area contributed by atoms with Crippen molar-refractivity contribution in [3.63, 3.8) is 0 Å². The highest BCUT2D eigenvalue weighted by Gasteiger charge is 2.27. The van der Waals surface area contributed by atoms with Gasteiger partial charge in [-0.05, 0) is 18.6 Å². The van der Waals surface area contributed by atoms with Crippen LogP contribution in [0.3, 0.4) is 0 Å². The molecule has 2 aliphatic heterocycles. The average Bonchev–Trinajstić information content (AvgIpc) is 3.56. The summed E-state index contributed by atoms with van der Waals surface area (Å²) in [6.07, 6.45) is 0.688. The minimum Gasteiger partial charge on any atom is -0.491 e. The van der Waals surface area contributed by atoms with Crippen LogP contribution in [-0.2, 0) is 24.3 Å². The van der Waals surface area contributed by atoms with Crippen molar-refractivity contribution in [1.82, 2.24) is 39.8 Å². The molecule has 0 aromatic carbocycles. The molecule has 6 rings (SSSR count). The summed E-state index contributed by atoms with van der Waals surface area (Å²) < 4.78 is 23.5. The molecule has 4 aromatic heterocycles. The van der Waals surface area contributed by atoms with E-state index in [2.05, 4.69) is 20.5 Å². The maximum atomic E-state index is 12.9. The van der Waals surface area contributed by atoms with E-state index < -0.39 is 0 Å². The Bertz CT molecular complexity index is 1440. The van der Waals surface area contributed by atoms with Crippen LogP contribution in [0, 0.1) is 6.92 Å². The molecule has 0 bridgehead atoms. The predicted octanol–water partition coefficient (Wildman–Crippen LogP) is 1.88. The average molecular weight is 507 g/mol. The van der Waals surface area contributed by atoms with Crippen molar-refractivity contribution >= 4 is 11.7 Å². The number of aromatic nitrogens is 6. The number of methoxy groups -OCH3 is 1. The zero-order valence-electron chi connectivity index (χ0n) is 20.6. The molecular formula is C24H26N8O5. The van der Waals surface area contributed by atoms with Crippen molar-refractivity contribution in [1.29, 1.82) is 0 Å². The van der Waals surface area contributed by atoms with Crippen molar-refractivity contribution in [3.05, 3.63) is 47.0 Å². The van der Waals surface area contributed by atoms with Crippen LogP contribution >= 0.6 is 0 Å². The van der Waals surface area contributed by atoms with E-state index in [0.29, 0.717) is 74.5 Å². The Kier molecular flexibility index (Phi) is 6.04. The number of amides is 2. The van der Waals surface area contributed by atoms with Gasteiger partial charge in [0.15, 0.2) is 17.1 Å². The first kappa shape index (κ1) is 23.2. The number of hydrogen-bond donors (Lipinski definition) is 0. The van der Waals surface area contributed by atoms with Gasteiger partial charge in [0.25, 0.3) is 5.88 Å². The highest BCUT2D eigenvalue weighted by molar-refractivity contribution is 5.75. The molecule has 192 valence electrons. The summed E-state index contributed by atoms with van der Waals surface area (Å²) in [6, 6.07) is 7.44. The molecule has 1 fully saturated rings. The quantitative estimate of drug-likeness (QED) is 0.395. The minimum atomic E-state index is 0.0593. The number of carbonyl (C=O) groups excluding carboxylic acids is 1. The first-order valence-corrected chi connectivity index (χ1v) is 12.1. The Morgan fingerprint density at radius 3 is 2.76 bits per heavy atom. The van der Waals surface area contributed by atoms with Crippen molar-refractivity contribution in [2.24, 2.45) is 0 Å². The molecule has 13 heteroatoms. The van der Waals surface area contributed by atoms with Gasteiger partial charge < -0.3 is 28.5 Å². The van der Waals surface area contributed by atoms with Gasteiger partial charge in [0.2, 0.25) is 5.82 Å². The van der Waals surface area contributed by atoms with Gasteiger partial charge in [0, 0.05) is 50.4 Å². The number of rotatable bonds is 5. The number of ether oxygens (including phenoxy) is 3. The zero-order valence-corrected chi connectivity index (χ0v) is 20.6. The molecule has 37 heavy (non-hydrogen) atoms. The fourth-order valence-electron chi connectivity index (χ4n) is 4.48. The SMILES string of the molecule is COc1cc2nnc(-c3cc(C)on3)n2nc1OCc1ccc2c(n1)CCN(C(=O)N1CCOCC1)C2. The molecule has 2 aliphatic rings. The Morgan fingerprint density at radius 2 is 1.97 bits per heavy atom. The summed E-state index contributed by atoms with van der Waals surface area (Å²) in [4.78, 5) is 21.4. The summed E-state index contributed by atoms with van der Waals surface area (Å²) in [5.41, 5.74) is 3.79. The number of hydrogen-bond acceptors (Lipinski definition) is 10. The van der Waals surface area contributed by atoms with E-state index in [1.807, 2.05) is 21.9 Å². The highest BCUT2D eigenvalue weighted by Crippen LogP contribution is 2.28. The Morgan fingerprint density at radius 1 is 1.11 bits per heavy atom. The van der Waals surface area contributed by atoms with Crippen LogP contribution in [0.5, 0.6) is 11.6 Å². The molecular weight excluding hydrogens is 480 g/mol. The molecule has 0 N–H and O–H groups in total. The monoisotopic (exact) mass is 506 g/mol. The van der Waals surface area contributed by atoms with Crippen LogP contribution in [0.2, 0.25) is 0 Å². The standard InChI is InChI=1S/C24H26N8O5/c1-15-11-19(29-37-15)22-27-26-21-12-20(34-2)23(28-32(21)22)36-14-17-4-3-16-13-31(6-5-18(16)25-17)24(33)30-7-9-35-10-8-30/h3-4,11-12H,5-10,13-14H2,1-2H3. The van der Waals surface area contributed by atoms with Crippen molar-refractivity contribution in [2.75, 3.05) is 40.0 Å². The van der Waals surface area contributed by atoms with Crippen molar-refractivity contribution in [3.8, 4) is 23.1 Å². The number of aryl methyl sites for hydroxylation is 1. The van der Waals surface area contributed by atoms with Crippen LogP contribution < -0.4 is 9.47 Å². The van der Waals surface area contributed by atoms with Gasteiger partial charge in [-0.1, -0.05) is 11.2 Å². The van der Waals surface area contributed by atoms with Gasteiger partial charge in [0.05, 0.1) is 26.0 Å². The molecule has 1 saturated heterocycles. The third-order valence-electron chi connectivity index (χ3n) is 6.42. The fourth-order valence-corrected chi connectivity index (χ4v) is 4.48. The van der Waals surface area contributed by atoms with E-state index in [9.17, 15) is 4.79 Å². The first-order valence-electron chi connectivity index (χ1n) is 12.1. The smallest absolute Gasteiger partial charge is 0.320 e. The zero-order chi connectivity index (χ0) is 25.4. The third kappa shape index (κ3) is 4.53. The molecule has 0 spiro atoms. The highest BCUT2D eigenvalue weighted by atomic mass is 16.5. The molecule has 0 radical (unpaired) electrons. The lowest BCUT2D eigenvalue weighted by molar-refractivity contribution is 0.0421. The molecule has 4 aromatic rings. The Balaban J connectivity index is 1.17. The van der Waals surface area contributed by atoms with Crippen LogP contribution in [0.1, 0.15) is 22.7 Å². The number of nitrogens with zero attached hydrogens (tertiary/aromatic N) is 8. The van der Waals surface area contributed by atoms with E-state index in [4.69, 9.17) is 23.7 Å². The second-order valence-corrected chi connectivity index (χ2v) is 8.88. The predicted molar refractivity (Wildman–Crippen MR) is 128 cm³/mol. The second kappa shape index (κ2) is 9.65. The van der Waals surface area contributed by atoms with Crippen LogP contribution in [0.25, 0.3) is 17.2 Å². The van der Waals surface area contributed by atoms with E-state index in [-0.39, 0.29) is 18.5 Å². The number of fused-ring (bicyclic) bond motifs is 2. The normalized spacial score (nSPS) is 15.6. The third-order valence-corrected chi connectivity index (χ3v) is 6.42. The van der Waals surface area contributed by atoms with Gasteiger partial charge >= 0.3 is 6.03 Å². The summed E-state index contributed by atoms with van der Waals surface area (Å²) in [5, 5.41) is 16.9. The number of urea groups is 1. The molecule has 0 aliphatic carbocycles. The van der Waals surface area contributed by atoms with Gasteiger partial charge in [-0.25, -0.2) is 4.79 Å². The van der Waals surface area contributed by atoms with E-state index in [1.165, 1.54) is 4.52 Å². The summed E-state index contributed by atoms with van der Waals surface area (Å²) in [5.74, 6) is 1.79. The summed E-state index contributed by atoms with van der Waals surface area (Å²) in [6.45, 7) is 5.62. The fraction of sp³-hybridized carbons (Fsp3) is 0.417. The molecule has 2 amide bonds. The van der Waals surface area contributed by atoms with Crippen molar-refractivity contribution < 1.29 is 23.5 Å². The van der Waals surface area contributed by atoms with E-state index in [1.54, 1.807) is 26.2 Å². The summed E-state index contributed by atoms with van der Waals surface area (Å²) >= 11 is 0. The summed E-state index contributed by atoms with van der Waals surface area (Å²) in [7, 11) is 1.54. The van der Waals surface area contributed by atoms with Crippen molar-refractivity contribution in [2.45, 2.75) is 26.5 Å². The maximum absolute atomic E-state index is 12.9. The molecule has 0 unspecified atom stereocenters. The molecule has 6 heterocycles. The molecule has 13 nitrogen and oxygen atoms in total. The molecule has 0 atom stereocenters. The van der Waals surface area contributed by atoms with Gasteiger partial charge in [-0.15, -0.1) is 15.3 Å². The van der Waals surface area contributed by atoms with E-state index in [0.717, 1.165) is 17.0 Å². The number of carbonyl (C=O) groups is 1. The Labute approximate surface area is 211 Å². The topological polar surface area (TPSA) is 133 Å². The molecule has 0 saturated carbocycles. The Hall–Kier alpha value is -4.26. The lowest BCUT2D eigenvalue weighted by Crippen LogP contribution is -2.49. The second-order valence-electron chi connectivity index (χ2n) is 8.88. The van der Waals surface area contributed by atoms with Gasteiger partial charge in [0.1, 0.15) is 12.4 Å². The lowest BCUT2D eigenvalue weighted by atomic mass is 10.1. The van der Waals surface area contributed by atoms with Crippen LogP contribution in [0.15, 0.2) is 28.8 Å². The maximum Gasteiger partial charge on any atom is 0.320 e. The minimum absolute atomic E-state index is 0.0593. The van der Waals surface area contributed by atoms with Crippen LogP contribution in [-0.4, -0.2) is 85.7 Å².